The lowest BCUT2D eigenvalue weighted by Gasteiger charge is -2.50. The minimum atomic E-state index is -1.04. The van der Waals surface area contributed by atoms with E-state index in [1.54, 1.807) is 42.5 Å². The van der Waals surface area contributed by atoms with Gasteiger partial charge in [0.1, 0.15) is 35.7 Å². The molecule has 4 aromatic heterocycles. The molecule has 5 amide bonds. The molecule has 1 aliphatic carbocycles. The van der Waals surface area contributed by atoms with Crippen LogP contribution in [-0.4, -0.2) is 127 Å². The number of carbonyl (C=O) groups is 5. The fraction of sp³-hybridized carbons (Fsp3) is 0.434. The normalized spacial score (nSPS) is 23.6. The molecule has 3 N–H and O–H groups in total. The first-order chi connectivity index (χ1) is 34.7. The van der Waals surface area contributed by atoms with E-state index in [0.717, 1.165) is 68.1 Å². The van der Waals surface area contributed by atoms with Gasteiger partial charge in [-0.1, -0.05) is 13.8 Å². The molecule has 72 heavy (non-hydrogen) atoms. The number of benzene rings is 1. The molecule has 5 aromatic rings. The van der Waals surface area contributed by atoms with E-state index >= 15 is 0 Å². The zero-order valence-electron chi connectivity index (χ0n) is 40.8. The van der Waals surface area contributed by atoms with E-state index in [0.29, 0.717) is 71.2 Å². The Labute approximate surface area is 415 Å². The van der Waals surface area contributed by atoms with Crippen molar-refractivity contribution in [1.29, 1.82) is 0 Å². The van der Waals surface area contributed by atoms with E-state index in [1.165, 1.54) is 15.8 Å². The highest BCUT2D eigenvalue weighted by molar-refractivity contribution is 6.25. The average molecular weight is 976 g/mol. The number of nitrogens with one attached hydrogen (secondary N) is 2. The third kappa shape index (κ3) is 7.45. The third-order valence-corrected chi connectivity index (χ3v) is 16.0. The largest absolute Gasteiger partial charge is 0.488 e. The Kier molecular flexibility index (Phi) is 10.9. The van der Waals surface area contributed by atoms with E-state index in [1.807, 2.05) is 30.5 Å². The number of ether oxygens (including phenoxy) is 1. The molecule has 0 radical (unpaired) electrons. The van der Waals surface area contributed by atoms with Gasteiger partial charge in [-0.3, -0.25) is 48.8 Å². The van der Waals surface area contributed by atoms with Crippen LogP contribution in [0.1, 0.15) is 94.5 Å². The van der Waals surface area contributed by atoms with Crippen LogP contribution in [0.3, 0.4) is 0 Å². The van der Waals surface area contributed by atoms with Crippen LogP contribution in [0.2, 0.25) is 0 Å². The predicted molar refractivity (Wildman–Crippen MR) is 267 cm³/mol. The Hall–Kier alpha value is -7.38. The molecular weight excluding hydrogens is 919 g/mol. The number of rotatable bonds is 8. The van der Waals surface area contributed by atoms with Gasteiger partial charge in [-0.15, -0.1) is 0 Å². The Balaban J connectivity index is 0.694. The fourth-order valence-electron chi connectivity index (χ4n) is 12.6. The lowest BCUT2D eigenvalue weighted by molar-refractivity contribution is -0.136. The molecule has 10 heterocycles. The summed E-state index contributed by atoms with van der Waals surface area (Å²) < 4.78 is 9.99. The molecule has 6 aliphatic heterocycles. The van der Waals surface area contributed by atoms with Crippen LogP contribution in [0.5, 0.6) is 5.75 Å². The SMILES string of the molecule is C[C@H]1CN([C@@H]2CCN3c4ccc5c(c4OC[C@@H]3C2)C(=O)N(C2CCC(=O)NC2=O)C5=O)CCN1c1ccc(Nc2cc(-c3ccnc(N4CCn5c(cc6c5CC(C)(C)C6)C4=O)c3CO)cn(C)c2=O)nc1. The van der Waals surface area contributed by atoms with E-state index in [9.17, 15) is 33.9 Å². The number of pyridine rings is 3. The van der Waals surface area contributed by atoms with Gasteiger partial charge in [0.2, 0.25) is 11.8 Å². The summed E-state index contributed by atoms with van der Waals surface area (Å²) >= 11 is 0. The number of aromatic nitrogens is 4. The number of hydrogen-bond donors (Lipinski definition) is 3. The van der Waals surface area contributed by atoms with Crippen LogP contribution in [0.4, 0.5) is 28.7 Å². The summed E-state index contributed by atoms with van der Waals surface area (Å²) in [7, 11) is 1.68. The molecule has 7 aliphatic rings. The molecule has 19 heteroatoms. The van der Waals surface area contributed by atoms with Crippen molar-refractivity contribution < 1.29 is 33.8 Å². The van der Waals surface area contributed by atoms with Gasteiger partial charge in [0, 0.05) is 94.0 Å². The van der Waals surface area contributed by atoms with Crippen LogP contribution in [0, 0.1) is 5.41 Å². The van der Waals surface area contributed by atoms with E-state index in [4.69, 9.17) is 9.72 Å². The minimum absolute atomic E-state index is 0.0554. The van der Waals surface area contributed by atoms with Crippen molar-refractivity contribution >= 4 is 58.2 Å². The number of imide groups is 2. The monoisotopic (exact) mass is 975 g/mol. The number of piperidine rings is 2. The van der Waals surface area contributed by atoms with Crippen molar-refractivity contribution in [3.05, 3.63) is 105 Å². The molecule has 0 spiro atoms. The first-order valence-corrected chi connectivity index (χ1v) is 25.0. The molecule has 1 aromatic carbocycles. The summed E-state index contributed by atoms with van der Waals surface area (Å²) in [5.74, 6) is -1.01. The van der Waals surface area contributed by atoms with Gasteiger partial charge in [0.15, 0.2) is 5.75 Å². The zero-order chi connectivity index (χ0) is 49.9. The topological polar surface area (TPSA) is 208 Å². The van der Waals surface area contributed by atoms with Crippen molar-refractivity contribution in [2.24, 2.45) is 12.5 Å². The summed E-state index contributed by atoms with van der Waals surface area (Å²) in [6.07, 6.45) is 9.00. The summed E-state index contributed by atoms with van der Waals surface area (Å²) in [5, 5.41) is 16.3. The summed E-state index contributed by atoms with van der Waals surface area (Å²) in [5.41, 5.74) is 7.36. The number of aliphatic hydroxyl groups excluding tert-OH is 1. The van der Waals surface area contributed by atoms with Crippen molar-refractivity contribution in [1.82, 2.24) is 34.2 Å². The van der Waals surface area contributed by atoms with Crippen LogP contribution in [-0.2, 0) is 42.6 Å². The number of aliphatic hydroxyl groups is 1. The first-order valence-electron chi connectivity index (χ1n) is 25.0. The minimum Gasteiger partial charge on any atom is -0.488 e. The molecule has 372 valence electrons. The number of carbonyl (C=O) groups excluding carboxylic acids is 5. The molecular formula is C53H57N11O8. The Morgan fingerprint density at radius 1 is 0.875 bits per heavy atom. The van der Waals surface area contributed by atoms with E-state index in [2.05, 4.69) is 55.7 Å². The quantitative estimate of drug-likeness (QED) is 0.188. The molecule has 0 saturated carbocycles. The second kappa shape index (κ2) is 17.1. The molecule has 4 atom stereocenters. The maximum absolute atomic E-state index is 14.0. The second-order valence-electron chi connectivity index (χ2n) is 21.2. The lowest BCUT2D eigenvalue weighted by Crippen LogP contribution is -2.59. The summed E-state index contributed by atoms with van der Waals surface area (Å²) in [6, 6.07) is 12.5. The van der Waals surface area contributed by atoms with Crippen LogP contribution >= 0.6 is 0 Å². The first kappa shape index (κ1) is 45.7. The third-order valence-electron chi connectivity index (χ3n) is 16.0. The highest BCUT2D eigenvalue weighted by atomic mass is 16.5. The average Bonchev–Trinajstić information content (AvgIpc) is 3.96. The van der Waals surface area contributed by atoms with Gasteiger partial charge in [-0.25, -0.2) is 9.97 Å². The standard InChI is InChI=1S/C53H57N11O8/c1-29-25-59(32-12-14-61-34(21-32)28-72-46-39(61)7-6-36-45(46)52(71)64(49(36)68)40-8-10-44(66)57-48(40)67)15-16-60(29)33-5-9-43(55-24-33)56-38-19-31(26-58(4)50(38)69)35-11-13-54-47(37(35)27-65)63-18-17-62-41(51(63)70)20-30-22-53(2,3)23-42(30)62/h5-7,9,11,13,19-20,24,26,29,32,34,40,65H,8,10,12,14-18,21-23,25,27-28H2,1-4H3,(H,55,56)(H,57,66,67)/t29-,32+,34-,40?/m0/s1. The Morgan fingerprint density at radius 2 is 1.72 bits per heavy atom. The molecule has 3 fully saturated rings. The number of aryl methyl sites for hydroxylation is 1. The zero-order valence-corrected chi connectivity index (χ0v) is 40.8. The Bertz CT molecular complexity index is 3200. The highest BCUT2D eigenvalue weighted by Gasteiger charge is 2.49. The number of fused-ring (bicyclic) bond motifs is 8. The van der Waals surface area contributed by atoms with Gasteiger partial charge in [0.25, 0.3) is 23.3 Å². The maximum Gasteiger partial charge on any atom is 0.276 e. The molecule has 3 saturated heterocycles. The molecule has 0 bridgehead atoms. The van der Waals surface area contributed by atoms with Crippen LogP contribution in [0.25, 0.3) is 11.1 Å². The van der Waals surface area contributed by atoms with E-state index < -0.39 is 29.7 Å². The molecule has 12 rings (SSSR count). The maximum atomic E-state index is 14.0. The van der Waals surface area contributed by atoms with Crippen molar-refractivity contribution in [3.8, 4) is 16.9 Å². The summed E-state index contributed by atoms with van der Waals surface area (Å²) in [6.45, 7) is 11.1. The number of piperazine rings is 1. The molecule has 19 nitrogen and oxygen atoms in total. The summed E-state index contributed by atoms with van der Waals surface area (Å²) in [4.78, 5) is 98.5. The second-order valence-corrected chi connectivity index (χ2v) is 21.2. The Morgan fingerprint density at radius 3 is 2.50 bits per heavy atom. The van der Waals surface area contributed by atoms with Crippen LogP contribution in [0.15, 0.2) is 65.8 Å². The fourth-order valence-corrected chi connectivity index (χ4v) is 12.6. The number of anilines is 5. The van der Waals surface area contributed by atoms with Gasteiger partial charge < -0.3 is 34.1 Å². The van der Waals surface area contributed by atoms with E-state index in [-0.39, 0.29) is 59.5 Å². The van der Waals surface area contributed by atoms with Gasteiger partial charge in [-0.2, -0.15) is 0 Å². The van der Waals surface area contributed by atoms with Gasteiger partial charge in [-0.05, 0) is 98.0 Å². The van der Waals surface area contributed by atoms with Gasteiger partial charge in [0.05, 0.1) is 41.3 Å². The van der Waals surface area contributed by atoms with Crippen LogP contribution < -0.4 is 35.6 Å². The highest BCUT2D eigenvalue weighted by Crippen LogP contribution is 2.46. The number of nitrogens with zero attached hydrogens (tertiary/aromatic N) is 9. The number of hydrogen-bond acceptors (Lipinski definition) is 14. The number of amides is 5. The van der Waals surface area contributed by atoms with Crippen molar-refractivity contribution in [3.63, 3.8) is 0 Å². The smallest absolute Gasteiger partial charge is 0.276 e. The lowest BCUT2D eigenvalue weighted by atomic mass is 9.90. The van der Waals surface area contributed by atoms with Gasteiger partial charge >= 0.3 is 0 Å². The predicted octanol–water partition coefficient (Wildman–Crippen LogP) is 4.01. The van der Waals surface area contributed by atoms with Crippen molar-refractivity contribution in [2.45, 2.75) is 96.6 Å². The molecule has 1 unspecified atom stereocenters. The van der Waals surface area contributed by atoms with Crippen molar-refractivity contribution in [2.75, 3.05) is 59.3 Å².